The summed E-state index contributed by atoms with van der Waals surface area (Å²) in [6, 6.07) is 4.49. The van der Waals surface area contributed by atoms with E-state index < -0.39 is 10.0 Å². The fourth-order valence-electron chi connectivity index (χ4n) is 0.802. The number of hydrogen-bond acceptors (Lipinski definition) is 2. The summed E-state index contributed by atoms with van der Waals surface area (Å²) in [6.45, 7) is 0. The molecule has 0 aliphatic heterocycles. The van der Waals surface area contributed by atoms with Gasteiger partial charge in [-0.05, 0) is 25.2 Å². The molecule has 0 spiro atoms. The van der Waals surface area contributed by atoms with Crippen molar-refractivity contribution in [2.45, 2.75) is 4.90 Å². The zero-order valence-electron chi connectivity index (χ0n) is 6.71. The summed E-state index contributed by atoms with van der Waals surface area (Å²) in [5.41, 5.74) is 0. The first kappa shape index (κ1) is 11.0. The second-order valence-corrected chi connectivity index (χ2v) is 5.55. The largest absolute Gasteiger partial charge is 0.240 e. The van der Waals surface area contributed by atoms with Crippen molar-refractivity contribution in [1.29, 1.82) is 0 Å². The summed E-state index contributed by atoms with van der Waals surface area (Å²) < 4.78 is 25.5. The van der Waals surface area contributed by atoms with Gasteiger partial charge in [-0.25, -0.2) is 13.1 Å². The molecule has 0 bridgehead atoms. The van der Waals surface area contributed by atoms with E-state index in [9.17, 15) is 8.42 Å². The molecule has 0 aliphatic carbocycles. The van der Waals surface area contributed by atoms with Gasteiger partial charge in [0.2, 0.25) is 10.0 Å². The summed E-state index contributed by atoms with van der Waals surface area (Å²) in [5, 5.41) is 0.378. The molecule has 1 rings (SSSR count). The number of halogens is 2. The van der Waals surface area contributed by atoms with Gasteiger partial charge in [-0.1, -0.05) is 27.5 Å². The highest BCUT2D eigenvalue weighted by atomic mass is 79.9. The molecule has 0 radical (unpaired) electrons. The monoisotopic (exact) mass is 283 g/mol. The van der Waals surface area contributed by atoms with Crippen molar-refractivity contribution >= 4 is 37.6 Å². The van der Waals surface area contributed by atoms with Crippen LogP contribution in [0.3, 0.4) is 0 Å². The van der Waals surface area contributed by atoms with Crippen molar-refractivity contribution in [2.75, 3.05) is 7.05 Å². The first-order valence-corrected chi connectivity index (χ1v) is 6.01. The summed E-state index contributed by atoms with van der Waals surface area (Å²) >= 11 is 8.85. The van der Waals surface area contributed by atoms with Crippen LogP contribution in [0.15, 0.2) is 27.6 Å². The maximum atomic E-state index is 11.3. The highest BCUT2D eigenvalue weighted by molar-refractivity contribution is 9.10. The van der Waals surface area contributed by atoms with Crippen molar-refractivity contribution in [2.24, 2.45) is 0 Å². The SMILES string of the molecule is CNS(=O)(=O)c1cc(Cl)cc(Br)c1. The second kappa shape index (κ2) is 3.96. The lowest BCUT2D eigenvalue weighted by molar-refractivity contribution is 0.588. The van der Waals surface area contributed by atoms with E-state index >= 15 is 0 Å². The molecular formula is C7H7BrClNO2S. The molecule has 3 nitrogen and oxygen atoms in total. The van der Waals surface area contributed by atoms with E-state index in [1.165, 1.54) is 19.2 Å². The van der Waals surface area contributed by atoms with Crippen LogP contribution in [0.1, 0.15) is 0 Å². The number of benzene rings is 1. The maximum Gasteiger partial charge on any atom is 0.240 e. The van der Waals surface area contributed by atoms with E-state index in [1.807, 2.05) is 0 Å². The van der Waals surface area contributed by atoms with Gasteiger partial charge in [0.25, 0.3) is 0 Å². The lowest BCUT2D eigenvalue weighted by Crippen LogP contribution is -2.18. The van der Waals surface area contributed by atoms with Gasteiger partial charge in [0, 0.05) is 9.50 Å². The maximum absolute atomic E-state index is 11.3. The van der Waals surface area contributed by atoms with E-state index in [2.05, 4.69) is 20.7 Å². The van der Waals surface area contributed by atoms with Crippen molar-refractivity contribution in [3.63, 3.8) is 0 Å². The van der Waals surface area contributed by atoms with Crippen molar-refractivity contribution in [1.82, 2.24) is 4.72 Å². The van der Waals surface area contributed by atoms with Gasteiger partial charge in [0.05, 0.1) is 4.90 Å². The highest BCUT2D eigenvalue weighted by Crippen LogP contribution is 2.22. The Morgan fingerprint density at radius 3 is 2.46 bits per heavy atom. The molecule has 0 amide bonds. The van der Waals surface area contributed by atoms with E-state index in [1.54, 1.807) is 6.07 Å². The van der Waals surface area contributed by atoms with Gasteiger partial charge in [-0.2, -0.15) is 0 Å². The second-order valence-electron chi connectivity index (χ2n) is 2.31. The van der Waals surface area contributed by atoms with Gasteiger partial charge in [0.1, 0.15) is 0 Å². The fraction of sp³-hybridized carbons (Fsp3) is 0.143. The molecule has 0 atom stereocenters. The Bertz CT molecular complexity index is 398. The van der Waals surface area contributed by atoms with Crippen molar-refractivity contribution in [3.05, 3.63) is 27.7 Å². The molecule has 1 N–H and O–H groups in total. The molecule has 0 saturated heterocycles. The van der Waals surface area contributed by atoms with E-state index in [4.69, 9.17) is 11.6 Å². The topological polar surface area (TPSA) is 46.2 Å². The zero-order chi connectivity index (χ0) is 10.1. The van der Waals surface area contributed by atoms with Crippen LogP contribution in [-0.2, 0) is 10.0 Å². The normalized spacial score (nSPS) is 11.6. The van der Waals surface area contributed by atoms with Gasteiger partial charge < -0.3 is 0 Å². The Morgan fingerprint density at radius 2 is 2.00 bits per heavy atom. The molecule has 0 aromatic heterocycles. The molecule has 1 aromatic rings. The average Bonchev–Trinajstić information content (AvgIpc) is 2.02. The molecule has 72 valence electrons. The third-order valence-electron chi connectivity index (χ3n) is 1.42. The number of hydrogen-bond donors (Lipinski definition) is 1. The van der Waals surface area contributed by atoms with Crippen LogP contribution in [0.2, 0.25) is 5.02 Å². The molecular weight excluding hydrogens is 278 g/mol. The summed E-state index contributed by atoms with van der Waals surface area (Å²) in [6.07, 6.45) is 0. The molecule has 0 fully saturated rings. The van der Waals surface area contributed by atoms with Gasteiger partial charge in [0.15, 0.2) is 0 Å². The Balaban J connectivity index is 3.32. The molecule has 0 unspecified atom stereocenters. The smallest absolute Gasteiger partial charge is 0.214 e. The third-order valence-corrected chi connectivity index (χ3v) is 3.48. The fourth-order valence-corrected chi connectivity index (χ4v) is 2.68. The lowest BCUT2D eigenvalue weighted by atomic mass is 10.4. The van der Waals surface area contributed by atoms with Crippen molar-refractivity contribution in [3.8, 4) is 0 Å². The van der Waals surface area contributed by atoms with Crippen LogP contribution >= 0.6 is 27.5 Å². The number of sulfonamides is 1. The Morgan fingerprint density at radius 1 is 1.38 bits per heavy atom. The molecule has 13 heavy (non-hydrogen) atoms. The molecule has 0 aliphatic rings. The highest BCUT2D eigenvalue weighted by Gasteiger charge is 2.12. The van der Waals surface area contributed by atoms with Crippen LogP contribution in [0.25, 0.3) is 0 Å². The van der Waals surface area contributed by atoms with E-state index in [-0.39, 0.29) is 4.90 Å². The van der Waals surface area contributed by atoms with Crippen LogP contribution < -0.4 is 4.72 Å². The van der Waals surface area contributed by atoms with E-state index in [0.29, 0.717) is 9.50 Å². The van der Waals surface area contributed by atoms with Crippen LogP contribution in [0.4, 0.5) is 0 Å². The average molecular weight is 285 g/mol. The van der Waals surface area contributed by atoms with Crippen LogP contribution in [-0.4, -0.2) is 15.5 Å². The van der Waals surface area contributed by atoms with Crippen molar-refractivity contribution < 1.29 is 8.42 Å². The molecule has 0 heterocycles. The van der Waals surface area contributed by atoms with E-state index in [0.717, 1.165) is 0 Å². The predicted molar refractivity (Wildman–Crippen MR) is 55.4 cm³/mol. The van der Waals surface area contributed by atoms with Crippen LogP contribution in [0, 0.1) is 0 Å². The predicted octanol–water partition coefficient (Wildman–Crippen LogP) is 2.01. The van der Waals surface area contributed by atoms with Crippen LogP contribution in [0.5, 0.6) is 0 Å². The Hall–Kier alpha value is -0.100. The first-order valence-electron chi connectivity index (χ1n) is 3.35. The Labute approximate surface area is 90.3 Å². The molecule has 1 aromatic carbocycles. The van der Waals surface area contributed by atoms with Gasteiger partial charge >= 0.3 is 0 Å². The quantitative estimate of drug-likeness (QED) is 0.903. The summed E-state index contributed by atoms with van der Waals surface area (Å²) in [4.78, 5) is 0.148. The standard InChI is InChI=1S/C7H7BrClNO2S/c1-10-13(11,12)7-3-5(8)2-6(9)4-7/h2-4,10H,1H3. The number of rotatable bonds is 2. The summed E-state index contributed by atoms with van der Waals surface area (Å²) in [5.74, 6) is 0. The summed E-state index contributed by atoms with van der Waals surface area (Å²) in [7, 11) is -2.06. The van der Waals surface area contributed by atoms with Gasteiger partial charge in [-0.3, -0.25) is 0 Å². The lowest BCUT2D eigenvalue weighted by Gasteiger charge is -2.03. The third kappa shape index (κ3) is 2.67. The minimum Gasteiger partial charge on any atom is -0.214 e. The number of nitrogens with one attached hydrogen (secondary N) is 1. The first-order chi connectivity index (χ1) is 5.95. The minimum absolute atomic E-state index is 0.148. The van der Waals surface area contributed by atoms with Gasteiger partial charge in [-0.15, -0.1) is 0 Å². The zero-order valence-corrected chi connectivity index (χ0v) is 9.87. The molecule has 6 heteroatoms. The Kier molecular flexibility index (Phi) is 3.34. The minimum atomic E-state index is -3.41. The molecule has 0 saturated carbocycles.